The van der Waals surface area contributed by atoms with Crippen LogP contribution < -0.4 is 5.43 Å². The summed E-state index contributed by atoms with van der Waals surface area (Å²) in [5.41, 5.74) is 3.58. The molecule has 3 aromatic carbocycles. The van der Waals surface area contributed by atoms with E-state index in [4.69, 9.17) is 0 Å². The van der Waals surface area contributed by atoms with Crippen LogP contribution >= 0.6 is 38.5 Å². The third-order valence-corrected chi connectivity index (χ3v) is 4.74. The Morgan fingerprint density at radius 2 is 1.92 bits per heavy atom. The number of hydrazone groups is 1. The maximum atomic E-state index is 12.4. The molecule has 4 nitrogen and oxygen atoms in total. The van der Waals surface area contributed by atoms with Gasteiger partial charge in [-0.3, -0.25) is 4.79 Å². The Bertz CT molecular complexity index is 952. The first kappa shape index (κ1) is 16.9. The number of phenols is 1. The number of nitrogens with zero attached hydrogens (tertiary/aromatic N) is 1. The molecule has 0 bridgehead atoms. The number of fused-ring (bicyclic) bond motifs is 1. The predicted octanol–water partition coefficient (Wildman–Crippen LogP) is 4.68. The molecule has 120 valence electrons. The Balaban J connectivity index is 1.83. The zero-order chi connectivity index (χ0) is 17.1. The van der Waals surface area contributed by atoms with E-state index in [1.165, 1.54) is 6.21 Å². The fourth-order valence-corrected chi connectivity index (χ4v) is 3.88. The Hall–Kier alpha value is -1.93. The molecule has 0 atom stereocenters. The van der Waals surface area contributed by atoms with Crippen LogP contribution in [0.3, 0.4) is 0 Å². The number of carbonyl (C=O) groups excluding carboxylic acids is 1. The third-order valence-electron chi connectivity index (χ3n) is 3.46. The zero-order valence-corrected chi connectivity index (χ0v) is 16.1. The molecule has 0 unspecified atom stereocenters. The van der Waals surface area contributed by atoms with E-state index in [1.807, 2.05) is 59.0 Å². The number of phenolic OH excluding ortho intramolecular Hbond substituents is 1. The standard InChI is InChI=1S/C18H12BrIN2O2/c19-13-8-12(17(23)16(20)9-13)10-21-22-18(24)15-7-3-5-11-4-1-2-6-14(11)15/h1-10,23H,(H,22,24)/b21-10-. The van der Waals surface area contributed by atoms with Crippen molar-refractivity contribution in [3.63, 3.8) is 0 Å². The molecule has 2 N–H and O–H groups in total. The first-order chi connectivity index (χ1) is 11.6. The molecule has 0 aliphatic carbocycles. The van der Waals surface area contributed by atoms with Gasteiger partial charge in [0.25, 0.3) is 5.91 Å². The van der Waals surface area contributed by atoms with Gasteiger partial charge in [0.2, 0.25) is 0 Å². The second-order valence-electron chi connectivity index (χ2n) is 5.05. The summed E-state index contributed by atoms with van der Waals surface area (Å²) in [6, 6.07) is 16.7. The van der Waals surface area contributed by atoms with Gasteiger partial charge in [0.1, 0.15) is 5.75 Å². The molecule has 0 fully saturated rings. The average Bonchev–Trinajstić information content (AvgIpc) is 2.58. The lowest BCUT2D eigenvalue weighted by Gasteiger charge is -2.05. The van der Waals surface area contributed by atoms with Crippen molar-refractivity contribution >= 4 is 61.4 Å². The molecule has 3 rings (SSSR count). The van der Waals surface area contributed by atoms with Crippen molar-refractivity contribution < 1.29 is 9.90 Å². The topological polar surface area (TPSA) is 61.7 Å². The minimum absolute atomic E-state index is 0.127. The molecule has 6 heteroatoms. The summed E-state index contributed by atoms with van der Waals surface area (Å²) in [7, 11) is 0. The molecular formula is C18H12BrIN2O2. The molecule has 0 aliphatic heterocycles. The number of rotatable bonds is 3. The van der Waals surface area contributed by atoms with Crippen LogP contribution in [0.1, 0.15) is 15.9 Å². The summed E-state index contributed by atoms with van der Waals surface area (Å²) < 4.78 is 1.52. The predicted molar refractivity (Wildman–Crippen MR) is 108 cm³/mol. The normalized spacial score (nSPS) is 11.1. The van der Waals surface area contributed by atoms with Crippen molar-refractivity contribution in [3.05, 3.63) is 73.8 Å². The van der Waals surface area contributed by atoms with E-state index in [9.17, 15) is 9.90 Å². The minimum Gasteiger partial charge on any atom is -0.506 e. The van der Waals surface area contributed by atoms with E-state index in [-0.39, 0.29) is 11.7 Å². The summed E-state index contributed by atoms with van der Waals surface area (Å²) in [4.78, 5) is 12.4. The van der Waals surface area contributed by atoms with Crippen molar-refractivity contribution in [2.45, 2.75) is 0 Å². The number of hydrogen-bond donors (Lipinski definition) is 2. The minimum atomic E-state index is -0.299. The number of hydrogen-bond acceptors (Lipinski definition) is 3. The molecule has 0 heterocycles. The maximum Gasteiger partial charge on any atom is 0.271 e. The summed E-state index contributed by atoms with van der Waals surface area (Å²) in [5, 5.41) is 15.8. The van der Waals surface area contributed by atoms with Gasteiger partial charge in [-0.1, -0.05) is 52.3 Å². The number of aromatic hydroxyl groups is 1. The average molecular weight is 495 g/mol. The highest BCUT2D eigenvalue weighted by Crippen LogP contribution is 2.27. The first-order valence-corrected chi connectivity index (χ1v) is 8.92. The third kappa shape index (κ3) is 3.59. The highest BCUT2D eigenvalue weighted by molar-refractivity contribution is 14.1. The largest absolute Gasteiger partial charge is 0.506 e. The highest BCUT2D eigenvalue weighted by atomic mass is 127. The van der Waals surface area contributed by atoms with Gasteiger partial charge >= 0.3 is 0 Å². The van der Waals surface area contributed by atoms with Crippen LogP contribution in [-0.4, -0.2) is 17.2 Å². The van der Waals surface area contributed by atoms with Crippen molar-refractivity contribution in [2.75, 3.05) is 0 Å². The molecule has 1 amide bonds. The molecule has 0 radical (unpaired) electrons. The Morgan fingerprint density at radius 1 is 1.17 bits per heavy atom. The molecule has 0 saturated carbocycles. The number of halogens is 2. The fraction of sp³-hybridized carbons (Fsp3) is 0. The van der Waals surface area contributed by atoms with E-state index in [1.54, 1.807) is 18.2 Å². The smallest absolute Gasteiger partial charge is 0.271 e. The molecular weight excluding hydrogens is 483 g/mol. The summed E-state index contributed by atoms with van der Waals surface area (Å²) >= 11 is 5.40. The van der Waals surface area contributed by atoms with Crippen LogP contribution in [0.5, 0.6) is 5.75 Å². The zero-order valence-electron chi connectivity index (χ0n) is 12.3. The molecule has 24 heavy (non-hydrogen) atoms. The Labute approximate surface area is 160 Å². The lowest BCUT2D eigenvalue weighted by atomic mass is 10.0. The van der Waals surface area contributed by atoms with Crippen LogP contribution in [0.25, 0.3) is 10.8 Å². The second-order valence-corrected chi connectivity index (χ2v) is 7.13. The van der Waals surface area contributed by atoms with E-state index in [0.717, 1.165) is 15.2 Å². The van der Waals surface area contributed by atoms with Gasteiger partial charge in [-0.2, -0.15) is 5.10 Å². The second kappa shape index (κ2) is 7.31. The van der Waals surface area contributed by atoms with Gasteiger partial charge in [-0.05, 0) is 51.6 Å². The van der Waals surface area contributed by atoms with E-state index in [2.05, 4.69) is 26.5 Å². The molecule has 0 aromatic heterocycles. The van der Waals surface area contributed by atoms with Crippen LogP contribution in [0.2, 0.25) is 0 Å². The monoisotopic (exact) mass is 494 g/mol. The van der Waals surface area contributed by atoms with Gasteiger partial charge in [0.05, 0.1) is 9.78 Å². The highest BCUT2D eigenvalue weighted by Gasteiger charge is 2.09. The summed E-state index contributed by atoms with van der Waals surface area (Å²) in [5.74, 6) is -0.172. The van der Waals surface area contributed by atoms with E-state index in [0.29, 0.717) is 14.7 Å². The van der Waals surface area contributed by atoms with Crippen LogP contribution in [0.15, 0.2) is 64.2 Å². The van der Waals surface area contributed by atoms with E-state index >= 15 is 0 Å². The van der Waals surface area contributed by atoms with Gasteiger partial charge in [-0.25, -0.2) is 5.43 Å². The molecule has 0 aliphatic rings. The molecule has 3 aromatic rings. The Morgan fingerprint density at radius 3 is 2.75 bits per heavy atom. The number of benzene rings is 3. The summed E-state index contributed by atoms with van der Waals surface area (Å²) in [6.07, 6.45) is 1.42. The van der Waals surface area contributed by atoms with Crippen molar-refractivity contribution in [2.24, 2.45) is 5.10 Å². The number of carbonyl (C=O) groups is 1. The van der Waals surface area contributed by atoms with Gasteiger partial charge in [0, 0.05) is 15.6 Å². The van der Waals surface area contributed by atoms with Crippen LogP contribution in [-0.2, 0) is 0 Å². The first-order valence-electron chi connectivity index (χ1n) is 7.05. The van der Waals surface area contributed by atoms with Gasteiger partial charge in [-0.15, -0.1) is 0 Å². The number of amides is 1. The lowest BCUT2D eigenvalue weighted by Crippen LogP contribution is -2.17. The lowest BCUT2D eigenvalue weighted by molar-refractivity contribution is 0.0957. The van der Waals surface area contributed by atoms with Crippen molar-refractivity contribution in [1.82, 2.24) is 5.43 Å². The van der Waals surface area contributed by atoms with Crippen LogP contribution in [0, 0.1) is 3.57 Å². The van der Waals surface area contributed by atoms with Crippen molar-refractivity contribution in [3.8, 4) is 5.75 Å². The fourth-order valence-electron chi connectivity index (χ4n) is 2.33. The Kier molecular flexibility index (Phi) is 5.15. The number of nitrogens with one attached hydrogen (secondary N) is 1. The summed E-state index contributed by atoms with van der Waals surface area (Å²) in [6.45, 7) is 0. The SMILES string of the molecule is O=C(N/N=C\c1cc(Br)cc(I)c1O)c1cccc2ccccc12. The van der Waals surface area contributed by atoms with Crippen LogP contribution in [0.4, 0.5) is 0 Å². The van der Waals surface area contributed by atoms with Gasteiger partial charge < -0.3 is 5.11 Å². The molecule has 0 saturated heterocycles. The van der Waals surface area contributed by atoms with Crippen molar-refractivity contribution in [1.29, 1.82) is 0 Å². The quantitative estimate of drug-likeness (QED) is 0.315. The van der Waals surface area contributed by atoms with E-state index < -0.39 is 0 Å². The molecule has 0 spiro atoms. The maximum absolute atomic E-state index is 12.4. The van der Waals surface area contributed by atoms with Gasteiger partial charge in [0.15, 0.2) is 0 Å².